The van der Waals surface area contributed by atoms with E-state index in [4.69, 9.17) is 10.3 Å². The lowest BCUT2D eigenvalue weighted by Crippen LogP contribution is -2.45. The number of carboxylic acid groups (broad SMARTS) is 2. The molecule has 0 bridgehead atoms. The molecule has 0 fully saturated rings. The van der Waals surface area contributed by atoms with Gasteiger partial charge in [-0.2, -0.15) is 0 Å². The lowest BCUT2D eigenvalue weighted by Gasteiger charge is -2.33. The van der Waals surface area contributed by atoms with E-state index in [2.05, 4.69) is 0 Å². The van der Waals surface area contributed by atoms with Gasteiger partial charge >= 0.3 is 11.9 Å². The molecule has 0 radical (unpaired) electrons. The Kier molecular flexibility index (Phi) is 6.26. The van der Waals surface area contributed by atoms with Crippen molar-refractivity contribution in [2.75, 3.05) is 13.1 Å². The predicted octanol–water partition coefficient (Wildman–Crippen LogP) is 1.28. The van der Waals surface area contributed by atoms with Gasteiger partial charge in [0.2, 0.25) is 0 Å². The summed E-state index contributed by atoms with van der Waals surface area (Å²) < 4.78 is 0. The Morgan fingerprint density at radius 1 is 1.12 bits per heavy atom. The largest absolute Gasteiger partial charge is 0.481 e. The molecular weight excluding hydrogens is 340 g/mol. The average Bonchev–Trinajstić information content (AvgIpc) is 2.62. The molecule has 1 atom stereocenters. The Bertz CT molecular complexity index is 741. The molecule has 1 unspecified atom stereocenters. The maximum Gasteiger partial charge on any atom is 0.335 e. The third-order valence-corrected chi connectivity index (χ3v) is 4.18. The van der Waals surface area contributed by atoms with E-state index in [1.165, 1.54) is 12.1 Å². The van der Waals surface area contributed by atoms with E-state index in [-0.39, 0.29) is 31.6 Å². The van der Waals surface area contributed by atoms with Crippen LogP contribution in [0.4, 0.5) is 0 Å². The summed E-state index contributed by atoms with van der Waals surface area (Å²) in [6, 6.07) is 6.10. The quantitative estimate of drug-likeness (QED) is 0.406. The van der Waals surface area contributed by atoms with E-state index < -0.39 is 23.3 Å². The standard InChI is InChI=1S/C18H20N2O6/c21-15(19-26)11-20(10-13-4-6-14(7-5-13)16(22)23)12-18(17(24)25)8-2-1-3-9-18/h1-8,26H,9-12H2,(H,19,21)(H,22,23)(H,24,25). The number of amides is 1. The summed E-state index contributed by atoms with van der Waals surface area (Å²) in [7, 11) is 0. The number of benzene rings is 1. The van der Waals surface area contributed by atoms with Crippen LogP contribution in [0.3, 0.4) is 0 Å². The van der Waals surface area contributed by atoms with Gasteiger partial charge in [0.05, 0.1) is 12.1 Å². The number of allylic oxidation sites excluding steroid dienone is 3. The van der Waals surface area contributed by atoms with Crippen LogP contribution in [0, 0.1) is 5.41 Å². The third kappa shape index (κ3) is 4.78. The summed E-state index contributed by atoms with van der Waals surface area (Å²) in [6.45, 7) is 0.0704. The van der Waals surface area contributed by atoms with Crippen LogP contribution in [0.2, 0.25) is 0 Å². The lowest BCUT2D eigenvalue weighted by atomic mass is 9.81. The van der Waals surface area contributed by atoms with Gasteiger partial charge in [-0.1, -0.05) is 36.4 Å². The minimum atomic E-state index is -1.18. The molecule has 138 valence electrons. The second-order valence-electron chi connectivity index (χ2n) is 6.13. The number of hydrogen-bond acceptors (Lipinski definition) is 5. The Hall–Kier alpha value is -2.97. The second kappa shape index (κ2) is 8.41. The highest BCUT2D eigenvalue weighted by Crippen LogP contribution is 2.30. The third-order valence-electron chi connectivity index (χ3n) is 4.18. The van der Waals surface area contributed by atoms with Crippen LogP contribution in [-0.4, -0.2) is 51.3 Å². The molecule has 1 aromatic rings. The molecule has 1 aliphatic carbocycles. The van der Waals surface area contributed by atoms with Gasteiger partial charge in [-0.15, -0.1) is 0 Å². The van der Waals surface area contributed by atoms with Crippen LogP contribution in [0.1, 0.15) is 22.3 Å². The SMILES string of the molecule is O=C(CN(Cc1ccc(C(=O)O)cc1)CC1(C(=O)O)C=CC=CC1)NO. The summed E-state index contributed by atoms with van der Waals surface area (Å²) in [4.78, 5) is 35.9. The Balaban J connectivity index is 2.21. The first-order chi connectivity index (χ1) is 12.4. The first-order valence-electron chi connectivity index (χ1n) is 7.91. The smallest absolute Gasteiger partial charge is 0.335 e. The molecule has 8 nitrogen and oxygen atoms in total. The highest BCUT2D eigenvalue weighted by atomic mass is 16.5. The first-order valence-corrected chi connectivity index (χ1v) is 7.91. The molecular formula is C18H20N2O6. The highest BCUT2D eigenvalue weighted by molar-refractivity contribution is 5.87. The molecule has 1 aliphatic rings. The van der Waals surface area contributed by atoms with Crippen molar-refractivity contribution >= 4 is 17.8 Å². The van der Waals surface area contributed by atoms with Crippen LogP contribution < -0.4 is 5.48 Å². The zero-order chi connectivity index (χ0) is 19.2. The molecule has 1 amide bonds. The fourth-order valence-corrected chi connectivity index (χ4v) is 2.82. The van der Waals surface area contributed by atoms with E-state index >= 15 is 0 Å². The van der Waals surface area contributed by atoms with Crippen LogP contribution in [0.25, 0.3) is 0 Å². The summed E-state index contributed by atoms with van der Waals surface area (Å²) in [6.07, 6.45) is 7.04. The highest BCUT2D eigenvalue weighted by Gasteiger charge is 2.38. The van der Waals surface area contributed by atoms with Gasteiger partial charge in [-0.3, -0.25) is 19.7 Å². The van der Waals surface area contributed by atoms with E-state index in [9.17, 15) is 19.5 Å². The maximum absolute atomic E-state index is 11.8. The van der Waals surface area contributed by atoms with Gasteiger partial charge in [-0.05, 0) is 24.1 Å². The molecule has 0 saturated heterocycles. The summed E-state index contributed by atoms with van der Waals surface area (Å²) in [5.74, 6) is -2.71. The molecule has 4 N–H and O–H groups in total. The Morgan fingerprint density at radius 2 is 1.81 bits per heavy atom. The number of hydrogen-bond donors (Lipinski definition) is 4. The van der Waals surface area contributed by atoms with Gasteiger partial charge in [0, 0.05) is 13.1 Å². The van der Waals surface area contributed by atoms with Crippen LogP contribution in [0.15, 0.2) is 48.6 Å². The van der Waals surface area contributed by atoms with E-state index in [1.54, 1.807) is 46.8 Å². The van der Waals surface area contributed by atoms with Crippen molar-refractivity contribution in [2.24, 2.45) is 5.41 Å². The zero-order valence-corrected chi connectivity index (χ0v) is 14.0. The van der Waals surface area contributed by atoms with Gasteiger partial charge in [-0.25, -0.2) is 10.3 Å². The number of carbonyl (C=O) groups is 3. The average molecular weight is 360 g/mol. The number of nitrogens with zero attached hydrogens (tertiary/aromatic N) is 1. The molecule has 0 aromatic heterocycles. The summed E-state index contributed by atoms with van der Waals surface area (Å²) >= 11 is 0. The number of aromatic carboxylic acids is 1. The molecule has 0 aliphatic heterocycles. The maximum atomic E-state index is 11.8. The molecule has 26 heavy (non-hydrogen) atoms. The van der Waals surface area contributed by atoms with Crippen LogP contribution in [-0.2, 0) is 16.1 Å². The van der Waals surface area contributed by atoms with Crippen molar-refractivity contribution < 1.29 is 29.8 Å². The van der Waals surface area contributed by atoms with Crippen molar-refractivity contribution in [1.29, 1.82) is 0 Å². The van der Waals surface area contributed by atoms with Crippen molar-refractivity contribution in [1.82, 2.24) is 10.4 Å². The first kappa shape index (κ1) is 19.4. The monoisotopic (exact) mass is 360 g/mol. The van der Waals surface area contributed by atoms with Crippen molar-refractivity contribution in [2.45, 2.75) is 13.0 Å². The summed E-state index contributed by atoms with van der Waals surface area (Å²) in [5, 5.41) is 27.4. The molecule has 8 heteroatoms. The molecule has 0 heterocycles. The fourth-order valence-electron chi connectivity index (χ4n) is 2.82. The molecule has 0 saturated carbocycles. The predicted molar refractivity (Wildman–Crippen MR) is 91.6 cm³/mol. The Morgan fingerprint density at radius 3 is 2.31 bits per heavy atom. The molecule has 0 spiro atoms. The van der Waals surface area contributed by atoms with Crippen LogP contribution >= 0.6 is 0 Å². The number of rotatable bonds is 8. The van der Waals surface area contributed by atoms with Crippen molar-refractivity contribution in [3.05, 3.63) is 59.7 Å². The van der Waals surface area contributed by atoms with E-state index in [0.717, 1.165) is 5.56 Å². The van der Waals surface area contributed by atoms with Gasteiger partial charge in [0.25, 0.3) is 5.91 Å². The van der Waals surface area contributed by atoms with Gasteiger partial charge in [0.1, 0.15) is 5.41 Å². The number of nitrogens with one attached hydrogen (secondary N) is 1. The van der Waals surface area contributed by atoms with Gasteiger partial charge < -0.3 is 10.2 Å². The normalized spacial score (nSPS) is 18.7. The number of carbonyl (C=O) groups excluding carboxylic acids is 1. The Labute approximate surface area is 150 Å². The minimum absolute atomic E-state index is 0.0529. The van der Waals surface area contributed by atoms with E-state index in [1.807, 2.05) is 0 Å². The second-order valence-corrected chi connectivity index (χ2v) is 6.13. The summed E-state index contributed by atoms with van der Waals surface area (Å²) in [5.41, 5.74) is 1.23. The number of hydroxylamine groups is 1. The molecule has 1 aromatic carbocycles. The van der Waals surface area contributed by atoms with Crippen molar-refractivity contribution in [3.63, 3.8) is 0 Å². The van der Waals surface area contributed by atoms with Gasteiger partial charge in [0.15, 0.2) is 0 Å². The van der Waals surface area contributed by atoms with E-state index in [0.29, 0.717) is 0 Å². The topological polar surface area (TPSA) is 127 Å². The lowest BCUT2D eigenvalue weighted by molar-refractivity contribution is -0.148. The van der Waals surface area contributed by atoms with Crippen molar-refractivity contribution in [3.8, 4) is 0 Å². The fraction of sp³-hybridized carbons (Fsp3) is 0.278. The zero-order valence-electron chi connectivity index (χ0n) is 14.0. The van der Waals surface area contributed by atoms with Crippen LogP contribution in [0.5, 0.6) is 0 Å². The molecule has 2 rings (SSSR count). The number of carboxylic acids is 2. The minimum Gasteiger partial charge on any atom is -0.481 e. The number of aliphatic carboxylic acids is 1.